The van der Waals surface area contributed by atoms with Crippen molar-refractivity contribution in [1.82, 2.24) is 0 Å². The minimum Gasteiger partial charge on any atom is -0.258 e. The van der Waals surface area contributed by atoms with Gasteiger partial charge in [-0.3, -0.25) is 10.1 Å². The van der Waals surface area contributed by atoms with Gasteiger partial charge in [-0.2, -0.15) is 0 Å². The lowest BCUT2D eigenvalue weighted by Crippen LogP contribution is -1.92. The highest BCUT2D eigenvalue weighted by Gasteiger charge is 2.09. The number of nitro benzene ring substituents is 1. The van der Waals surface area contributed by atoms with Crippen molar-refractivity contribution < 1.29 is 4.92 Å². The average Bonchev–Trinajstić information content (AvgIpc) is 2.27. The zero-order valence-corrected chi connectivity index (χ0v) is 10.1. The van der Waals surface area contributed by atoms with Crippen molar-refractivity contribution >= 4 is 23.4 Å². The second kappa shape index (κ2) is 5.66. The standard InChI is InChI=1S/C12H14ClNO2/c1-3-10(8-13)6-11-5-4-9(2)12(7-11)14(15)16/h4-7H,3,8H2,1-2H3. The maximum absolute atomic E-state index is 10.8. The van der Waals surface area contributed by atoms with Crippen LogP contribution in [0.4, 0.5) is 5.69 Å². The van der Waals surface area contributed by atoms with Gasteiger partial charge in [0.15, 0.2) is 0 Å². The number of alkyl halides is 1. The highest BCUT2D eigenvalue weighted by molar-refractivity contribution is 6.19. The first-order valence-electron chi connectivity index (χ1n) is 5.09. The van der Waals surface area contributed by atoms with Crippen molar-refractivity contribution in [3.05, 3.63) is 45.0 Å². The van der Waals surface area contributed by atoms with E-state index in [1.165, 1.54) is 0 Å². The van der Waals surface area contributed by atoms with Crippen molar-refractivity contribution in [2.24, 2.45) is 0 Å². The molecule has 0 atom stereocenters. The Morgan fingerprint density at radius 3 is 2.75 bits per heavy atom. The van der Waals surface area contributed by atoms with E-state index in [0.29, 0.717) is 11.4 Å². The first-order chi connectivity index (χ1) is 7.58. The fourth-order valence-corrected chi connectivity index (χ4v) is 1.65. The van der Waals surface area contributed by atoms with Crippen LogP contribution >= 0.6 is 11.6 Å². The third-order valence-electron chi connectivity index (χ3n) is 2.43. The largest absolute Gasteiger partial charge is 0.272 e. The van der Waals surface area contributed by atoms with E-state index in [-0.39, 0.29) is 10.6 Å². The van der Waals surface area contributed by atoms with Gasteiger partial charge in [-0.25, -0.2) is 0 Å². The molecule has 0 aliphatic carbocycles. The molecule has 86 valence electrons. The molecule has 0 bridgehead atoms. The smallest absolute Gasteiger partial charge is 0.258 e. The van der Waals surface area contributed by atoms with Crippen molar-refractivity contribution in [3.63, 3.8) is 0 Å². The molecule has 0 aliphatic heterocycles. The summed E-state index contributed by atoms with van der Waals surface area (Å²) in [4.78, 5) is 10.4. The number of rotatable bonds is 4. The highest BCUT2D eigenvalue weighted by atomic mass is 35.5. The number of benzene rings is 1. The number of hydrogen-bond donors (Lipinski definition) is 0. The molecule has 1 aromatic carbocycles. The first-order valence-corrected chi connectivity index (χ1v) is 5.62. The Balaban J connectivity index is 3.12. The van der Waals surface area contributed by atoms with Crippen LogP contribution in [0.25, 0.3) is 6.08 Å². The Labute approximate surface area is 99.9 Å². The van der Waals surface area contributed by atoms with Crippen LogP contribution in [0, 0.1) is 17.0 Å². The number of aryl methyl sites for hydroxylation is 1. The Hall–Kier alpha value is -1.35. The van der Waals surface area contributed by atoms with Crippen LogP contribution < -0.4 is 0 Å². The number of halogens is 1. The zero-order chi connectivity index (χ0) is 12.1. The van der Waals surface area contributed by atoms with Gasteiger partial charge in [0, 0.05) is 17.5 Å². The molecule has 0 radical (unpaired) electrons. The third kappa shape index (κ3) is 3.07. The molecular formula is C12H14ClNO2. The number of nitro groups is 1. The maximum Gasteiger partial charge on any atom is 0.272 e. The molecule has 0 aromatic heterocycles. The summed E-state index contributed by atoms with van der Waals surface area (Å²) in [5.41, 5.74) is 2.72. The normalized spacial score (nSPS) is 11.6. The summed E-state index contributed by atoms with van der Waals surface area (Å²) in [6.45, 7) is 3.74. The summed E-state index contributed by atoms with van der Waals surface area (Å²) >= 11 is 5.75. The van der Waals surface area contributed by atoms with Crippen LogP contribution in [0.2, 0.25) is 0 Å². The molecule has 0 amide bonds. The Bertz CT molecular complexity index is 421. The summed E-state index contributed by atoms with van der Waals surface area (Å²) in [7, 11) is 0. The fourth-order valence-electron chi connectivity index (χ4n) is 1.38. The lowest BCUT2D eigenvalue weighted by molar-refractivity contribution is -0.385. The highest BCUT2D eigenvalue weighted by Crippen LogP contribution is 2.21. The van der Waals surface area contributed by atoms with Crippen LogP contribution in [-0.4, -0.2) is 10.8 Å². The molecule has 0 unspecified atom stereocenters. The summed E-state index contributed by atoms with van der Waals surface area (Å²) in [5, 5.41) is 10.8. The van der Waals surface area contributed by atoms with Gasteiger partial charge in [-0.1, -0.05) is 30.7 Å². The predicted octanol–water partition coefficient (Wildman–Crippen LogP) is 3.94. The summed E-state index contributed by atoms with van der Waals surface area (Å²) < 4.78 is 0. The van der Waals surface area contributed by atoms with Crippen molar-refractivity contribution in [2.45, 2.75) is 20.3 Å². The number of nitrogens with zero attached hydrogens (tertiary/aromatic N) is 1. The minimum absolute atomic E-state index is 0.152. The summed E-state index contributed by atoms with van der Waals surface area (Å²) in [5.74, 6) is 0.457. The van der Waals surface area contributed by atoms with E-state index >= 15 is 0 Å². The van der Waals surface area contributed by atoms with Gasteiger partial charge in [-0.05, 0) is 18.9 Å². The molecule has 0 saturated carbocycles. The molecule has 0 spiro atoms. The van der Waals surface area contributed by atoms with Crippen LogP contribution in [0.15, 0.2) is 23.8 Å². The van der Waals surface area contributed by atoms with Crippen molar-refractivity contribution in [2.75, 3.05) is 5.88 Å². The Morgan fingerprint density at radius 2 is 2.25 bits per heavy atom. The van der Waals surface area contributed by atoms with E-state index in [1.54, 1.807) is 19.1 Å². The number of hydrogen-bond acceptors (Lipinski definition) is 2. The quantitative estimate of drug-likeness (QED) is 0.454. The molecule has 16 heavy (non-hydrogen) atoms. The van der Waals surface area contributed by atoms with Gasteiger partial charge in [-0.15, -0.1) is 11.6 Å². The SMILES string of the molecule is CCC(=Cc1ccc(C)c([N+](=O)[O-])c1)CCl. The van der Waals surface area contributed by atoms with Gasteiger partial charge < -0.3 is 0 Å². The molecular weight excluding hydrogens is 226 g/mol. The summed E-state index contributed by atoms with van der Waals surface area (Å²) in [6.07, 6.45) is 2.75. The van der Waals surface area contributed by atoms with Crippen LogP contribution in [0.5, 0.6) is 0 Å². The molecule has 4 heteroatoms. The van der Waals surface area contributed by atoms with Crippen molar-refractivity contribution in [3.8, 4) is 0 Å². The van der Waals surface area contributed by atoms with Gasteiger partial charge in [0.1, 0.15) is 0 Å². The van der Waals surface area contributed by atoms with Crippen molar-refractivity contribution in [1.29, 1.82) is 0 Å². The van der Waals surface area contributed by atoms with Gasteiger partial charge in [0.25, 0.3) is 5.69 Å². The molecule has 0 N–H and O–H groups in total. The second-order valence-electron chi connectivity index (χ2n) is 3.59. The van der Waals surface area contributed by atoms with E-state index in [1.807, 2.05) is 19.1 Å². The van der Waals surface area contributed by atoms with Gasteiger partial charge in [0.05, 0.1) is 4.92 Å². The zero-order valence-electron chi connectivity index (χ0n) is 9.37. The van der Waals surface area contributed by atoms with E-state index in [9.17, 15) is 10.1 Å². The predicted molar refractivity (Wildman–Crippen MR) is 66.8 cm³/mol. The van der Waals surface area contributed by atoms with Gasteiger partial charge >= 0.3 is 0 Å². The Kier molecular flexibility index (Phi) is 4.50. The Morgan fingerprint density at radius 1 is 1.56 bits per heavy atom. The van der Waals surface area contributed by atoms with E-state index in [2.05, 4.69) is 0 Å². The second-order valence-corrected chi connectivity index (χ2v) is 3.86. The lowest BCUT2D eigenvalue weighted by atomic mass is 10.1. The van der Waals surface area contributed by atoms with Gasteiger partial charge in [0.2, 0.25) is 0 Å². The fraction of sp³-hybridized carbons (Fsp3) is 0.333. The topological polar surface area (TPSA) is 43.1 Å². The van der Waals surface area contributed by atoms with E-state index in [4.69, 9.17) is 11.6 Å². The molecule has 3 nitrogen and oxygen atoms in total. The van der Waals surface area contributed by atoms with Crippen LogP contribution in [-0.2, 0) is 0 Å². The first kappa shape index (κ1) is 12.7. The molecule has 1 rings (SSSR count). The van der Waals surface area contributed by atoms with E-state index < -0.39 is 0 Å². The average molecular weight is 240 g/mol. The molecule has 0 aliphatic rings. The molecule has 0 fully saturated rings. The monoisotopic (exact) mass is 239 g/mol. The number of allylic oxidation sites excluding steroid dienone is 1. The molecule has 0 heterocycles. The molecule has 0 saturated heterocycles. The maximum atomic E-state index is 10.8. The third-order valence-corrected chi connectivity index (χ3v) is 2.77. The lowest BCUT2D eigenvalue weighted by Gasteiger charge is -2.01. The minimum atomic E-state index is -0.362. The molecule has 1 aromatic rings. The van der Waals surface area contributed by atoms with Crippen LogP contribution in [0.1, 0.15) is 24.5 Å². The van der Waals surface area contributed by atoms with Crippen LogP contribution in [0.3, 0.4) is 0 Å². The van der Waals surface area contributed by atoms with E-state index in [0.717, 1.165) is 17.6 Å². The summed E-state index contributed by atoms with van der Waals surface area (Å²) in [6, 6.07) is 5.20.